The summed E-state index contributed by atoms with van der Waals surface area (Å²) in [6.45, 7) is 10.6. The minimum absolute atomic E-state index is 0.153. The van der Waals surface area contributed by atoms with Gasteiger partial charge in [-0.3, -0.25) is 4.98 Å². The number of aryl methyl sites for hydroxylation is 2. The van der Waals surface area contributed by atoms with E-state index in [1.165, 1.54) is 6.42 Å². The quantitative estimate of drug-likeness (QED) is 0.643. The number of nitrogens with one attached hydrogen (secondary N) is 1. The van der Waals surface area contributed by atoms with Crippen molar-refractivity contribution in [2.45, 2.75) is 59.8 Å². The number of hydrogen-bond acceptors (Lipinski definition) is 6. The molecule has 6 heteroatoms. The zero-order valence-electron chi connectivity index (χ0n) is 20.0. The van der Waals surface area contributed by atoms with Gasteiger partial charge in [0.1, 0.15) is 5.82 Å². The third kappa shape index (κ3) is 7.64. The molecule has 2 heterocycles. The first-order valence-corrected chi connectivity index (χ1v) is 10.5. The van der Waals surface area contributed by atoms with Gasteiger partial charge in [0.05, 0.1) is 17.1 Å². The molecule has 0 aliphatic rings. The van der Waals surface area contributed by atoms with E-state index < -0.39 is 0 Å². The topological polar surface area (TPSA) is 74.2 Å². The second kappa shape index (κ2) is 14.4. The predicted octanol–water partition coefficient (Wildman–Crippen LogP) is 4.67. The normalized spacial score (nSPS) is 9.87. The Morgan fingerprint density at radius 2 is 1.70 bits per heavy atom. The molecule has 0 aliphatic heterocycles. The van der Waals surface area contributed by atoms with Gasteiger partial charge in [-0.25, -0.2) is 9.97 Å². The molecule has 0 amide bonds. The van der Waals surface area contributed by atoms with E-state index in [0.29, 0.717) is 18.8 Å². The molecule has 0 unspecified atom stereocenters. The summed E-state index contributed by atoms with van der Waals surface area (Å²) in [6, 6.07) is 4.12. The molecule has 0 aromatic carbocycles. The number of aliphatic hydroxyl groups excluding tert-OH is 1. The maximum atomic E-state index is 9.12. The standard InChI is InChI=1S/C19H29N5O.C3H8.C2H2/c1-12(2)15-10-9-14(18(20-4)22-15)17-13(3)21-16(8-7-11-25)19(23-17)24(5)6;1-3-2;1-2/h9-10,12,25H,7-8,11H2,1-6H3,(H,20,22);3H2,1-2H3;1-2H. The van der Waals surface area contributed by atoms with E-state index in [1.54, 1.807) is 0 Å². The van der Waals surface area contributed by atoms with Crippen LogP contribution >= 0.6 is 0 Å². The van der Waals surface area contributed by atoms with E-state index in [4.69, 9.17) is 20.1 Å². The molecule has 2 N–H and O–H groups in total. The van der Waals surface area contributed by atoms with E-state index in [2.05, 4.69) is 58.0 Å². The summed E-state index contributed by atoms with van der Waals surface area (Å²) in [7, 11) is 5.80. The van der Waals surface area contributed by atoms with Gasteiger partial charge in [0, 0.05) is 39.0 Å². The van der Waals surface area contributed by atoms with Gasteiger partial charge in [0.2, 0.25) is 0 Å². The van der Waals surface area contributed by atoms with Crippen molar-refractivity contribution in [3.8, 4) is 24.1 Å². The maximum Gasteiger partial charge on any atom is 0.150 e. The van der Waals surface area contributed by atoms with Crippen LogP contribution in [0.25, 0.3) is 11.3 Å². The number of terminal acetylenes is 1. The zero-order valence-corrected chi connectivity index (χ0v) is 20.0. The van der Waals surface area contributed by atoms with Gasteiger partial charge in [-0.2, -0.15) is 0 Å². The lowest BCUT2D eigenvalue weighted by molar-refractivity contribution is 0.288. The number of aliphatic hydroxyl groups is 1. The van der Waals surface area contributed by atoms with Crippen molar-refractivity contribution in [3.63, 3.8) is 0 Å². The molecule has 166 valence electrons. The van der Waals surface area contributed by atoms with Crippen LogP contribution in [0.5, 0.6) is 0 Å². The average molecular weight is 414 g/mol. The molecule has 0 aliphatic carbocycles. The molecule has 0 radical (unpaired) electrons. The Hall–Kier alpha value is -2.65. The second-order valence-electron chi connectivity index (χ2n) is 7.39. The molecular weight excluding hydrogens is 374 g/mol. The molecule has 2 rings (SSSR count). The van der Waals surface area contributed by atoms with E-state index >= 15 is 0 Å². The minimum atomic E-state index is 0.153. The number of nitrogens with zero attached hydrogens (tertiary/aromatic N) is 4. The molecule has 2 aromatic rings. The van der Waals surface area contributed by atoms with Gasteiger partial charge >= 0.3 is 0 Å². The van der Waals surface area contributed by atoms with Crippen LogP contribution in [0.4, 0.5) is 11.6 Å². The van der Waals surface area contributed by atoms with E-state index in [1.807, 2.05) is 33.0 Å². The molecule has 2 aromatic heterocycles. The minimum Gasteiger partial charge on any atom is -0.396 e. The fraction of sp³-hybridized carbons (Fsp3) is 0.542. The van der Waals surface area contributed by atoms with Crippen LogP contribution in [-0.4, -0.2) is 47.8 Å². The molecular formula is C24H39N5O. The monoisotopic (exact) mass is 413 g/mol. The van der Waals surface area contributed by atoms with Crippen molar-refractivity contribution in [2.75, 3.05) is 38.0 Å². The summed E-state index contributed by atoms with van der Waals surface area (Å²) in [4.78, 5) is 16.3. The van der Waals surface area contributed by atoms with Gasteiger partial charge in [-0.1, -0.05) is 34.1 Å². The molecule has 0 bridgehead atoms. The molecule has 0 atom stereocenters. The zero-order chi connectivity index (χ0) is 23.3. The lowest BCUT2D eigenvalue weighted by Gasteiger charge is -2.19. The largest absolute Gasteiger partial charge is 0.396 e. The van der Waals surface area contributed by atoms with Crippen molar-refractivity contribution in [3.05, 3.63) is 29.2 Å². The van der Waals surface area contributed by atoms with Crippen LogP contribution in [0.1, 0.15) is 63.5 Å². The Kier molecular flexibility index (Phi) is 13.1. The smallest absolute Gasteiger partial charge is 0.150 e. The third-order valence-corrected chi connectivity index (χ3v) is 4.12. The van der Waals surface area contributed by atoms with Crippen molar-refractivity contribution in [2.24, 2.45) is 0 Å². The van der Waals surface area contributed by atoms with Crippen LogP contribution in [0.3, 0.4) is 0 Å². The Morgan fingerprint density at radius 1 is 1.10 bits per heavy atom. The van der Waals surface area contributed by atoms with Crippen molar-refractivity contribution in [1.82, 2.24) is 15.0 Å². The maximum absolute atomic E-state index is 9.12. The number of aromatic nitrogens is 3. The Labute approximate surface area is 183 Å². The van der Waals surface area contributed by atoms with E-state index in [-0.39, 0.29) is 6.61 Å². The van der Waals surface area contributed by atoms with E-state index in [0.717, 1.165) is 40.0 Å². The molecule has 0 spiro atoms. The van der Waals surface area contributed by atoms with Crippen molar-refractivity contribution >= 4 is 11.6 Å². The molecule has 0 saturated carbocycles. The fourth-order valence-corrected chi connectivity index (χ4v) is 2.76. The highest BCUT2D eigenvalue weighted by Gasteiger charge is 2.17. The lowest BCUT2D eigenvalue weighted by atomic mass is 10.1. The van der Waals surface area contributed by atoms with Crippen LogP contribution in [-0.2, 0) is 6.42 Å². The van der Waals surface area contributed by atoms with Crippen molar-refractivity contribution in [1.29, 1.82) is 0 Å². The van der Waals surface area contributed by atoms with Crippen LogP contribution in [0, 0.1) is 19.8 Å². The fourth-order valence-electron chi connectivity index (χ4n) is 2.76. The van der Waals surface area contributed by atoms with Crippen LogP contribution in [0.15, 0.2) is 12.1 Å². The summed E-state index contributed by atoms with van der Waals surface area (Å²) in [5, 5.41) is 12.3. The first-order valence-electron chi connectivity index (χ1n) is 10.5. The van der Waals surface area contributed by atoms with Crippen molar-refractivity contribution < 1.29 is 5.11 Å². The highest BCUT2D eigenvalue weighted by atomic mass is 16.2. The summed E-state index contributed by atoms with van der Waals surface area (Å²) >= 11 is 0. The average Bonchev–Trinajstić information content (AvgIpc) is 2.73. The Bertz CT molecular complexity index is 785. The summed E-state index contributed by atoms with van der Waals surface area (Å²) < 4.78 is 0. The lowest BCUT2D eigenvalue weighted by Crippen LogP contribution is -2.16. The number of anilines is 2. The van der Waals surface area contributed by atoms with Gasteiger partial charge in [-0.05, 0) is 37.8 Å². The summed E-state index contributed by atoms with van der Waals surface area (Å²) in [5.41, 5.74) is 4.62. The van der Waals surface area contributed by atoms with Gasteiger partial charge in [-0.15, -0.1) is 12.8 Å². The first kappa shape index (κ1) is 27.4. The second-order valence-corrected chi connectivity index (χ2v) is 7.39. The van der Waals surface area contributed by atoms with Gasteiger partial charge in [0.15, 0.2) is 5.82 Å². The highest BCUT2D eigenvalue weighted by Crippen LogP contribution is 2.31. The SMILES string of the molecule is C#C.CCC.CNc1nc(C(C)C)ccc1-c1nc(N(C)C)c(CCCO)nc1C. The molecule has 0 fully saturated rings. The Balaban J connectivity index is 0.00000154. The van der Waals surface area contributed by atoms with Crippen LogP contribution < -0.4 is 10.2 Å². The highest BCUT2D eigenvalue weighted by molar-refractivity contribution is 5.75. The molecule has 0 saturated heterocycles. The number of hydrogen-bond donors (Lipinski definition) is 2. The van der Waals surface area contributed by atoms with Gasteiger partial charge < -0.3 is 15.3 Å². The number of rotatable bonds is 7. The van der Waals surface area contributed by atoms with E-state index in [9.17, 15) is 0 Å². The molecule has 30 heavy (non-hydrogen) atoms. The van der Waals surface area contributed by atoms with Gasteiger partial charge in [0.25, 0.3) is 0 Å². The Morgan fingerprint density at radius 3 is 2.17 bits per heavy atom. The predicted molar refractivity (Wildman–Crippen MR) is 129 cm³/mol. The summed E-state index contributed by atoms with van der Waals surface area (Å²) in [6.07, 6.45) is 10.6. The number of pyridine rings is 1. The van der Waals surface area contributed by atoms with Crippen LogP contribution in [0.2, 0.25) is 0 Å². The summed E-state index contributed by atoms with van der Waals surface area (Å²) in [5.74, 6) is 2.02. The first-order chi connectivity index (χ1) is 14.3. The third-order valence-electron chi connectivity index (χ3n) is 4.12. The molecule has 6 nitrogen and oxygen atoms in total.